The van der Waals surface area contributed by atoms with E-state index >= 15 is 0 Å². The topological polar surface area (TPSA) is 55.1 Å². The molecule has 1 N–H and O–H groups in total. The summed E-state index contributed by atoms with van der Waals surface area (Å²) < 4.78 is 2.19. The van der Waals surface area contributed by atoms with Crippen LogP contribution in [0.3, 0.4) is 0 Å². The largest absolute Gasteiger partial charge is 0.476 e. The van der Waals surface area contributed by atoms with Crippen molar-refractivity contribution in [2.24, 2.45) is 5.92 Å². The second-order valence-corrected chi connectivity index (χ2v) is 5.45. The van der Waals surface area contributed by atoms with Crippen molar-refractivity contribution >= 4 is 5.97 Å². The van der Waals surface area contributed by atoms with Crippen LogP contribution in [0.25, 0.3) is 0 Å². The SMILES string of the molecule is CC1CCn2c(C3CCC3)nc(C(=O)O)c2C1. The molecule has 0 aromatic carbocycles. The maximum absolute atomic E-state index is 11.2. The molecule has 3 rings (SSSR count). The van der Waals surface area contributed by atoms with Gasteiger partial charge in [-0.25, -0.2) is 9.78 Å². The Kier molecular flexibility index (Phi) is 2.45. The molecule has 1 saturated carbocycles. The standard InChI is InChI=1S/C13H18N2O2/c1-8-5-6-15-10(7-8)11(13(16)17)14-12(15)9-3-2-4-9/h8-9H,2-7H2,1H3,(H,16,17). The Labute approximate surface area is 101 Å². The zero-order chi connectivity index (χ0) is 12.0. The fourth-order valence-electron chi connectivity index (χ4n) is 2.89. The number of aromatic carboxylic acids is 1. The van der Waals surface area contributed by atoms with Gasteiger partial charge in [-0.1, -0.05) is 13.3 Å². The molecule has 4 heteroatoms. The van der Waals surface area contributed by atoms with Crippen molar-refractivity contribution in [1.82, 2.24) is 9.55 Å². The highest BCUT2D eigenvalue weighted by molar-refractivity contribution is 5.87. The fourth-order valence-corrected chi connectivity index (χ4v) is 2.89. The van der Waals surface area contributed by atoms with Crippen LogP contribution in [-0.4, -0.2) is 20.6 Å². The van der Waals surface area contributed by atoms with E-state index in [1.54, 1.807) is 0 Å². The third-order valence-electron chi connectivity index (χ3n) is 4.16. The maximum atomic E-state index is 11.2. The Morgan fingerprint density at radius 3 is 2.76 bits per heavy atom. The van der Waals surface area contributed by atoms with Crippen molar-refractivity contribution in [1.29, 1.82) is 0 Å². The Hall–Kier alpha value is -1.32. The highest BCUT2D eigenvalue weighted by Gasteiger charge is 2.32. The van der Waals surface area contributed by atoms with Crippen LogP contribution < -0.4 is 0 Å². The molecule has 1 aliphatic carbocycles. The summed E-state index contributed by atoms with van der Waals surface area (Å²) in [5.74, 6) is 1.26. The number of fused-ring (bicyclic) bond motifs is 1. The van der Waals surface area contributed by atoms with Gasteiger partial charge >= 0.3 is 5.97 Å². The molecule has 4 nitrogen and oxygen atoms in total. The number of nitrogens with zero attached hydrogens (tertiary/aromatic N) is 2. The first kappa shape index (κ1) is 10.8. The molecule has 2 aliphatic rings. The molecule has 0 spiro atoms. The Balaban J connectivity index is 2.05. The summed E-state index contributed by atoms with van der Waals surface area (Å²) in [5, 5.41) is 9.24. The van der Waals surface area contributed by atoms with Gasteiger partial charge in [0, 0.05) is 12.5 Å². The normalized spacial score (nSPS) is 24.2. The molecule has 17 heavy (non-hydrogen) atoms. The van der Waals surface area contributed by atoms with E-state index in [4.69, 9.17) is 0 Å². The average Bonchev–Trinajstić information content (AvgIpc) is 2.54. The van der Waals surface area contributed by atoms with Crippen LogP contribution >= 0.6 is 0 Å². The molecule has 1 aromatic rings. The Bertz CT molecular complexity index is 460. The van der Waals surface area contributed by atoms with E-state index in [0.717, 1.165) is 30.9 Å². The molecule has 0 amide bonds. The quantitative estimate of drug-likeness (QED) is 0.855. The van der Waals surface area contributed by atoms with Crippen LogP contribution in [0.5, 0.6) is 0 Å². The van der Waals surface area contributed by atoms with Gasteiger partial charge in [0.2, 0.25) is 0 Å². The number of rotatable bonds is 2. The van der Waals surface area contributed by atoms with Crippen molar-refractivity contribution < 1.29 is 9.90 Å². The summed E-state index contributed by atoms with van der Waals surface area (Å²) >= 11 is 0. The Morgan fingerprint density at radius 1 is 1.41 bits per heavy atom. The van der Waals surface area contributed by atoms with Crippen LogP contribution in [0.4, 0.5) is 0 Å². The molecule has 1 aromatic heterocycles. The number of carbonyl (C=O) groups is 1. The van der Waals surface area contributed by atoms with E-state index in [1.165, 1.54) is 19.3 Å². The first-order valence-corrected chi connectivity index (χ1v) is 6.49. The van der Waals surface area contributed by atoms with Crippen LogP contribution in [0.1, 0.15) is 60.5 Å². The predicted molar refractivity (Wildman–Crippen MR) is 63.3 cm³/mol. The second kappa shape index (κ2) is 3.86. The lowest BCUT2D eigenvalue weighted by Crippen LogP contribution is -2.22. The molecule has 1 fully saturated rings. The van der Waals surface area contributed by atoms with Crippen molar-refractivity contribution in [3.63, 3.8) is 0 Å². The minimum Gasteiger partial charge on any atom is -0.476 e. The second-order valence-electron chi connectivity index (χ2n) is 5.45. The van der Waals surface area contributed by atoms with Crippen LogP contribution in [-0.2, 0) is 13.0 Å². The summed E-state index contributed by atoms with van der Waals surface area (Å²) in [4.78, 5) is 15.7. The number of hydrogen-bond donors (Lipinski definition) is 1. The van der Waals surface area contributed by atoms with E-state index in [2.05, 4.69) is 16.5 Å². The minimum atomic E-state index is -0.867. The number of carboxylic acids is 1. The molecule has 1 aliphatic heterocycles. The smallest absolute Gasteiger partial charge is 0.356 e. The maximum Gasteiger partial charge on any atom is 0.356 e. The van der Waals surface area contributed by atoms with Crippen molar-refractivity contribution in [3.8, 4) is 0 Å². The summed E-state index contributed by atoms with van der Waals surface area (Å²) in [6, 6.07) is 0. The van der Waals surface area contributed by atoms with Gasteiger partial charge in [-0.05, 0) is 31.6 Å². The van der Waals surface area contributed by atoms with Gasteiger partial charge in [0.05, 0.1) is 5.69 Å². The lowest BCUT2D eigenvalue weighted by molar-refractivity contribution is 0.0688. The first-order valence-electron chi connectivity index (χ1n) is 6.49. The number of hydrogen-bond acceptors (Lipinski definition) is 2. The van der Waals surface area contributed by atoms with Crippen LogP contribution in [0.15, 0.2) is 0 Å². The molecule has 92 valence electrons. The molecule has 0 saturated heterocycles. The predicted octanol–water partition coefficient (Wildman–Crippen LogP) is 2.43. The Morgan fingerprint density at radius 2 is 2.18 bits per heavy atom. The lowest BCUT2D eigenvalue weighted by Gasteiger charge is -2.28. The third kappa shape index (κ3) is 1.66. The molecule has 1 unspecified atom stereocenters. The highest BCUT2D eigenvalue weighted by atomic mass is 16.4. The van der Waals surface area contributed by atoms with Gasteiger partial charge in [0.1, 0.15) is 5.82 Å². The third-order valence-corrected chi connectivity index (χ3v) is 4.16. The molecule has 2 heterocycles. The molecule has 0 radical (unpaired) electrons. The van der Waals surface area contributed by atoms with E-state index < -0.39 is 5.97 Å². The van der Waals surface area contributed by atoms with Gasteiger partial charge in [0.25, 0.3) is 0 Å². The van der Waals surface area contributed by atoms with E-state index in [0.29, 0.717) is 17.5 Å². The highest BCUT2D eigenvalue weighted by Crippen LogP contribution is 2.38. The number of imidazole rings is 1. The summed E-state index contributed by atoms with van der Waals surface area (Å²) in [6.45, 7) is 3.13. The summed E-state index contributed by atoms with van der Waals surface area (Å²) in [5.41, 5.74) is 1.26. The fraction of sp³-hybridized carbons (Fsp3) is 0.692. The van der Waals surface area contributed by atoms with E-state index in [9.17, 15) is 9.90 Å². The number of carboxylic acid groups (broad SMARTS) is 1. The minimum absolute atomic E-state index is 0.304. The average molecular weight is 234 g/mol. The van der Waals surface area contributed by atoms with Crippen LogP contribution in [0.2, 0.25) is 0 Å². The summed E-state index contributed by atoms with van der Waals surface area (Å²) in [7, 11) is 0. The lowest BCUT2D eigenvalue weighted by atomic mass is 9.84. The molecular formula is C13H18N2O2. The van der Waals surface area contributed by atoms with Gasteiger partial charge in [-0.3, -0.25) is 0 Å². The van der Waals surface area contributed by atoms with Gasteiger partial charge < -0.3 is 9.67 Å². The zero-order valence-electron chi connectivity index (χ0n) is 10.1. The first-order chi connectivity index (χ1) is 8.16. The summed E-state index contributed by atoms with van der Waals surface area (Å²) in [6.07, 6.45) is 5.60. The van der Waals surface area contributed by atoms with Gasteiger partial charge in [0.15, 0.2) is 5.69 Å². The zero-order valence-corrected chi connectivity index (χ0v) is 10.1. The molecule has 0 bridgehead atoms. The van der Waals surface area contributed by atoms with Crippen molar-refractivity contribution in [3.05, 3.63) is 17.2 Å². The number of aromatic nitrogens is 2. The van der Waals surface area contributed by atoms with Gasteiger partial charge in [-0.2, -0.15) is 0 Å². The molecular weight excluding hydrogens is 216 g/mol. The van der Waals surface area contributed by atoms with E-state index in [1.807, 2.05) is 0 Å². The molecule has 1 atom stereocenters. The van der Waals surface area contributed by atoms with E-state index in [-0.39, 0.29) is 0 Å². The monoisotopic (exact) mass is 234 g/mol. The van der Waals surface area contributed by atoms with Crippen molar-refractivity contribution in [2.45, 2.75) is 51.5 Å². The van der Waals surface area contributed by atoms with Gasteiger partial charge in [-0.15, -0.1) is 0 Å². The van der Waals surface area contributed by atoms with Crippen molar-refractivity contribution in [2.75, 3.05) is 0 Å². The van der Waals surface area contributed by atoms with Crippen LogP contribution in [0, 0.1) is 5.92 Å².